The molecule has 52 heavy (non-hydrogen) atoms. The van der Waals surface area contributed by atoms with Crippen LogP contribution in [0.15, 0.2) is 94.6 Å². The standard InChI is InChI=1S/C40H52N2O9Si/c1-27-24-42(38(45)41-37(27)44)33-26-49-36(34(43)35(33)48-22-23-51-52(7,8)39(2,3)4)40(29-14-18-31(46-5)19-15-29,30-16-20-32(47-6)21-17-30)50-25-28-12-10-9-11-13-28/h9-21,24,33-36,43H,22-23,25-26H2,1-8H3,(H,41,44,45)/t33-,34+,35+,36+/m0/s1. The van der Waals surface area contributed by atoms with Crippen molar-refractivity contribution in [1.82, 2.24) is 9.55 Å². The summed E-state index contributed by atoms with van der Waals surface area (Å²) in [7, 11) is 1.10. The zero-order chi connectivity index (χ0) is 37.7. The third-order valence-corrected chi connectivity index (χ3v) is 14.9. The molecule has 1 saturated heterocycles. The molecule has 0 aliphatic carbocycles. The minimum atomic E-state index is -2.11. The van der Waals surface area contributed by atoms with Gasteiger partial charge in [-0.25, -0.2) is 4.79 Å². The van der Waals surface area contributed by atoms with Crippen LogP contribution in [0.4, 0.5) is 0 Å². The maximum atomic E-state index is 13.3. The molecule has 1 fully saturated rings. The Morgan fingerprint density at radius 2 is 1.46 bits per heavy atom. The Hall–Kier alpha value is -4.04. The first-order valence-corrected chi connectivity index (χ1v) is 20.5. The van der Waals surface area contributed by atoms with Crippen molar-refractivity contribution in [2.75, 3.05) is 34.0 Å². The maximum Gasteiger partial charge on any atom is 0.328 e. The molecule has 3 aromatic carbocycles. The van der Waals surface area contributed by atoms with E-state index in [9.17, 15) is 14.7 Å². The second-order valence-electron chi connectivity index (χ2n) is 14.7. The third kappa shape index (κ3) is 8.27. The average molecular weight is 733 g/mol. The first-order valence-electron chi connectivity index (χ1n) is 17.6. The molecule has 11 nitrogen and oxygen atoms in total. The molecule has 0 spiro atoms. The van der Waals surface area contributed by atoms with E-state index in [0.717, 1.165) is 5.56 Å². The van der Waals surface area contributed by atoms with E-state index in [1.165, 1.54) is 10.8 Å². The number of aromatic nitrogens is 2. The summed E-state index contributed by atoms with van der Waals surface area (Å²) in [5.74, 6) is 1.30. The minimum Gasteiger partial charge on any atom is -0.497 e. The number of rotatable bonds is 14. The Morgan fingerprint density at radius 3 is 2.00 bits per heavy atom. The van der Waals surface area contributed by atoms with Crippen molar-refractivity contribution in [2.45, 2.75) is 82.4 Å². The SMILES string of the molecule is COc1ccc(C(OCc2ccccc2)(c2ccc(OC)cc2)[C@@H]2OC[C@H](n3cc(C)c(=O)[nH]c3=O)[C@@H](OCCO[Si](C)(C)C(C)(C)C)[C@H]2O)cc1. The second kappa shape index (κ2) is 16.3. The number of hydrogen-bond acceptors (Lipinski definition) is 9. The molecule has 4 aromatic rings. The van der Waals surface area contributed by atoms with Crippen molar-refractivity contribution in [3.8, 4) is 11.5 Å². The van der Waals surface area contributed by atoms with Gasteiger partial charge in [-0.3, -0.25) is 14.3 Å². The summed E-state index contributed by atoms with van der Waals surface area (Å²) in [6, 6.07) is 23.9. The van der Waals surface area contributed by atoms with Crippen LogP contribution >= 0.6 is 0 Å². The predicted molar refractivity (Wildman–Crippen MR) is 202 cm³/mol. The molecule has 0 saturated carbocycles. The summed E-state index contributed by atoms with van der Waals surface area (Å²) in [6.07, 6.45) is -1.87. The molecular weight excluding hydrogens is 681 g/mol. The number of benzene rings is 3. The van der Waals surface area contributed by atoms with Crippen molar-refractivity contribution in [3.05, 3.63) is 128 Å². The molecule has 0 amide bonds. The van der Waals surface area contributed by atoms with Gasteiger partial charge in [0.2, 0.25) is 0 Å². The van der Waals surface area contributed by atoms with Crippen molar-refractivity contribution in [1.29, 1.82) is 0 Å². The predicted octanol–water partition coefficient (Wildman–Crippen LogP) is 5.73. The van der Waals surface area contributed by atoms with Crippen LogP contribution in [0.1, 0.15) is 49.1 Å². The Kier molecular flexibility index (Phi) is 12.3. The van der Waals surface area contributed by atoms with Gasteiger partial charge in [-0.1, -0.05) is 75.4 Å². The van der Waals surface area contributed by atoms with E-state index in [4.69, 9.17) is 28.1 Å². The molecule has 1 aliphatic heterocycles. The largest absolute Gasteiger partial charge is 0.497 e. The molecule has 4 atom stereocenters. The molecule has 0 unspecified atom stereocenters. The quantitative estimate of drug-likeness (QED) is 0.123. The van der Waals surface area contributed by atoms with E-state index in [1.54, 1.807) is 21.1 Å². The van der Waals surface area contributed by atoms with Crippen LogP contribution in [0.25, 0.3) is 0 Å². The third-order valence-electron chi connectivity index (χ3n) is 10.4. The number of aliphatic hydroxyl groups is 1. The molecule has 1 aliphatic rings. The number of ether oxygens (including phenoxy) is 5. The Morgan fingerprint density at radius 1 is 0.885 bits per heavy atom. The zero-order valence-electron chi connectivity index (χ0n) is 31.4. The lowest BCUT2D eigenvalue weighted by molar-refractivity contribution is -0.239. The maximum absolute atomic E-state index is 13.3. The van der Waals surface area contributed by atoms with Gasteiger partial charge in [0.1, 0.15) is 35.4 Å². The van der Waals surface area contributed by atoms with E-state index in [-0.39, 0.29) is 24.9 Å². The second-order valence-corrected chi connectivity index (χ2v) is 19.5. The lowest BCUT2D eigenvalue weighted by Gasteiger charge is -2.49. The van der Waals surface area contributed by atoms with Crippen LogP contribution in [0.5, 0.6) is 11.5 Å². The van der Waals surface area contributed by atoms with E-state index >= 15 is 0 Å². The smallest absolute Gasteiger partial charge is 0.328 e. The molecule has 5 rings (SSSR count). The van der Waals surface area contributed by atoms with Crippen LogP contribution in [0, 0.1) is 6.92 Å². The molecule has 12 heteroatoms. The van der Waals surface area contributed by atoms with Gasteiger partial charge >= 0.3 is 5.69 Å². The number of aliphatic hydroxyl groups excluding tert-OH is 1. The zero-order valence-corrected chi connectivity index (χ0v) is 32.4. The molecular formula is C40H52N2O9Si. The van der Waals surface area contributed by atoms with E-state index in [0.29, 0.717) is 34.8 Å². The van der Waals surface area contributed by atoms with Crippen LogP contribution < -0.4 is 20.7 Å². The summed E-state index contributed by atoms with van der Waals surface area (Å²) in [4.78, 5) is 28.0. The van der Waals surface area contributed by atoms with Gasteiger partial charge in [-0.2, -0.15) is 0 Å². The van der Waals surface area contributed by atoms with E-state index in [1.807, 2.05) is 78.9 Å². The number of nitrogens with one attached hydrogen (secondary N) is 1. The normalized spacial score (nSPS) is 19.7. The molecule has 0 radical (unpaired) electrons. The van der Waals surface area contributed by atoms with Crippen LogP contribution in [0.2, 0.25) is 18.1 Å². The lowest BCUT2D eigenvalue weighted by atomic mass is 9.76. The topological polar surface area (TPSA) is 130 Å². The summed E-state index contributed by atoms with van der Waals surface area (Å²) >= 11 is 0. The van der Waals surface area contributed by atoms with Gasteiger partial charge in [0, 0.05) is 11.8 Å². The lowest BCUT2D eigenvalue weighted by Crippen LogP contribution is -2.61. The fourth-order valence-electron chi connectivity index (χ4n) is 6.32. The van der Waals surface area contributed by atoms with E-state index in [2.05, 4.69) is 38.8 Å². The van der Waals surface area contributed by atoms with Gasteiger partial charge < -0.3 is 33.2 Å². The molecule has 2 heterocycles. The number of nitrogens with zero attached hydrogens (tertiary/aromatic N) is 1. The summed E-state index contributed by atoms with van der Waals surface area (Å²) in [5.41, 5.74) is 0.158. The van der Waals surface area contributed by atoms with Gasteiger partial charge in [-0.15, -0.1) is 0 Å². The Labute approximate surface area is 306 Å². The van der Waals surface area contributed by atoms with Crippen LogP contribution in [-0.4, -0.2) is 75.3 Å². The van der Waals surface area contributed by atoms with Gasteiger partial charge in [0.05, 0.1) is 46.7 Å². The Balaban J connectivity index is 1.63. The van der Waals surface area contributed by atoms with Gasteiger partial charge in [-0.05, 0) is 66.0 Å². The first-order chi connectivity index (χ1) is 24.7. The number of methoxy groups -OCH3 is 2. The first kappa shape index (κ1) is 39.2. The number of H-pyrrole nitrogens is 1. The average Bonchev–Trinajstić information content (AvgIpc) is 3.13. The van der Waals surface area contributed by atoms with Gasteiger partial charge in [0.25, 0.3) is 5.56 Å². The molecule has 1 aromatic heterocycles. The fourth-order valence-corrected chi connectivity index (χ4v) is 7.35. The van der Waals surface area contributed by atoms with Crippen molar-refractivity contribution >= 4 is 8.32 Å². The number of aromatic amines is 1. The summed E-state index contributed by atoms with van der Waals surface area (Å²) in [5, 5.41) is 12.6. The molecule has 0 bridgehead atoms. The highest BCUT2D eigenvalue weighted by Crippen LogP contribution is 2.45. The summed E-state index contributed by atoms with van der Waals surface area (Å²) in [6.45, 7) is 13.0. The van der Waals surface area contributed by atoms with Crippen molar-refractivity contribution in [2.24, 2.45) is 0 Å². The Bertz CT molecular complexity index is 1820. The van der Waals surface area contributed by atoms with Crippen molar-refractivity contribution in [3.63, 3.8) is 0 Å². The monoisotopic (exact) mass is 732 g/mol. The molecule has 280 valence electrons. The fraction of sp³-hybridized carbons (Fsp3) is 0.450. The van der Waals surface area contributed by atoms with Crippen LogP contribution in [-0.2, 0) is 30.8 Å². The van der Waals surface area contributed by atoms with Gasteiger partial charge in [0.15, 0.2) is 8.32 Å². The highest BCUT2D eigenvalue weighted by Gasteiger charge is 2.54. The molecule has 2 N–H and O–H groups in total. The van der Waals surface area contributed by atoms with Crippen LogP contribution in [0.3, 0.4) is 0 Å². The minimum absolute atomic E-state index is 0.00794. The highest BCUT2D eigenvalue weighted by molar-refractivity contribution is 6.74. The number of hydrogen-bond donors (Lipinski definition) is 2. The van der Waals surface area contributed by atoms with E-state index < -0.39 is 49.5 Å². The van der Waals surface area contributed by atoms with Crippen molar-refractivity contribution < 1.29 is 33.2 Å². The highest BCUT2D eigenvalue weighted by atomic mass is 28.4. The number of aryl methyl sites for hydroxylation is 1. The summed E-state index contributed by atoms with van der Waals surface area (Å²) < 4.78 is 39.1.